The molecule has 1 aromatic rings. The second kappa shape index (κ2) is 5.93. The van der Waals surface area contributed by atoms with Crippen LogP contribution in [-0.4, -0.2) is 30.8 Å². The summed E-state index contributed by atoms with van der Waals surface area (Å²) in [6.45, 7) is 3.30. The van der Waals surface area contributed by atoms with E-state index < -0.39 is 17.4 Å². The topological polar surface area (TPSA) is 72.8 Å². The molecule has 6 heteroatoms. The van der Waals surface area contributed by atoms with Crippen LogP contribution >= 0.6 is 11.6 Å². The van der Waals surface area contributed by atoms with E-state index in [0.29, 0.717) is 5.02 Å². The standard InChI is InChI=1S/C13H15ClO5/c1-13(2,12(17)18-3)7-19-10-5-4-8(14)6-9(10)11(15)16/h4-6H,7H2,1-3H3,(H,15,16). The number of carbonyl (C=O) groups excluding carboxylic acids is 1. The summed E-state index contributed by atoms with van der Waals surface area (Å²) in [6, 6.07) is 4.28. The largest absolute Gasteiger partial charge is 0.492 e. The molecule has 0 aliphatic rings. The van der Waals surface area contributed by atoms with Crippen LogP contribution in [-0.2, 0) is 9.53 Å². The molecule has 104 valence electrons. The number of benzene rings is 1. The van der Waals surface area contributed by atoms with Crippen molar-refractivity contribution in [1.82, 2.24) is 0 Å². The number of aromatic carboxylic acids is 1. The van der Waals surface area contributed by atoms with Crippen molar-refractivity contribution in [1.29, 1.82) is 0 Å². The molecule has 0 saturated carbocycles. The van der Waals surface area contributed by atoms with Gasteiger partial charge in [0.1, 0.15) is 17.9 Å². The number of halogens is 1. The molecular weight excluding hydrogens is 272 g/mol. The van der Waals surface area contributed by atoms with Crippen LogP contribution in [0, 0.1) is 5.41 Å². The minimum Gasteiger partial charge on any atom is -0.492 e. The quantitative estimate of drug-likeness (QED) is 0.842. The first kappa shape index (κ1) is 15.3. The van der Waals surface area contributed by atoms with E-state index >= 15 is 0 Å². The lowest BCUT2D eigenvalue weighted by atomic mass is 9.95. The summed E-state index contributed by atoms with van der Waals surface area (Å²) < 4.78 is 10.0. The van der Waals surface area contributed by atoms with E-state index in [1.807, 2.05) is 0 Å². The Hall–Kier alpha value is -1.75. The number of ether oxygens (including phenoxy) is 2. The van der Waals surface area contributed by atoms with Crippen molar-refractivity contribution >= 4 is 23.5 Å². The van der Waals surface area contributed by atoms with Crippen LogP contribution in [0.5, 0.6) is 5.75 Å². The average Bonchev–Trinajstić information content (AvgIpc) is 2.36. The second-order valence-electron chi connectivity index (χ2n) is 4.61. The maximum absolute atomic E-state index is 11.5. The van der Waals surface area contributed by atoms with E-state index in [-0.39, 0.29) is 17.9 Å². The van der Waals surface area contributed by atoms with Crippen LogP contribution in [0.4, 0.5) is 0 Å². The fourth-order valence-electron chi connectivity index (χ4n) is 1.39. The normalized spacial score (nSPS) is 10.9. The van der Waals surface area contributed by atoms with Crippen LogP contribution < -0.4 is 4.74 Å². The lowest BCUT2D eigenvalue weighted by Gasteiger charge is -2.22. The van der Waals surface area contributed by atoms with Crippen molar-refractivity contribution in [2.24, 2.45) is 5.41 Å². The fraction of sp³-hybridized carbons (Fsp3) is 0.385. The van der Waals surface area contributed by atoms with Gasteiger partial charge in [0, 0.05) is 5.02 Å². The van der Waals surface area contributed by atoms with Gasteiger partial charge in [-0.1, -0.05) is 11.6 Å². The third kappa shape index (κ3) is 3.86. The van der Waals surface area contributed by atoms with Gasteiger partial charge in [0.05, 0.1) is 12.5 Å². The van der Waals surface area contributed by atoms with Gasteiger partial charge in [-0.15, -0.1) is 0 Å². The summed E-state index contributed by atoms with van der Waals surface area (Å²) in [5.74, 6) is -1.42. The maximum Gasteiger partial charge on any atom is 0.339 e. The monoisotopic (exact) mass is 286 g/mol. The van der Waals surface area contributed by atoms with Gasteiger partial charge in [0.15, 0.2) is 0 Å². The van der Waals surface area contributed by atoms with E-state index in [1.165, 1.54) is 25.3 Å². The number of carboxylic acids is 1. The zero-order chi connectivity index (χ0) is 14.6. The molecule has 0 radical (unpaired) electrons. The molecule has 0 bridgehead atoms. The van der Waals surface area contributed by atoms with Crippen LogP contribution in [0.2, 0.25) is 5.02 Å². The number of hydrogen-bond donors (Lipinski definition) is 1. The smallest absolute Gasteiger partial charge is 0.339 e. The van der Waals surface area contributed by atoms with Gasteiger partial charge in [-0.2, -0.15) is 0 Å². The molecule has 0 fully saturated rings. The van der Waals surface area contributed by atoms with Gasteiger partial charge < -0.3 is 14.6 Å². The summed E-state index contributed by atoms with van der Waals surface area (Å²) in [5.41, 5.74) is -0.919. The predicted molar refractivity (Wildman–Crippen MR) is 69.7 cm³/mol. The molecule has 0 spiro atoms. The summed E-state index contributed by atoms with van der Waals surface area (Å²) in [5, 5.41) is 9.35. The minimum atomic E-state index is -1.15. The number of rotatable bonds is 5. The molecule has 0 aliphatic heterocycles. The molecular formula is C13H15ClO5. The Kier molecular flexibility index (Phi) is 4.78. The first-order valence-corrected chi connectivity index (χ1v) is 5.90. The van der Waals surface area contributed by atoms with E-state index in [4.69, 9.17) is 21.4 Å². The number of carboxylic acid groups (broad SMARTS) is 1. The third-order valence-corrected chi connectivity index (χ3v) is 2.73. The summed E-state index contributed by atoms with van der Waals surface area (Å²) in [7, 11) is 1.29. The van der Waals surface area contributed by atoms with E-state index in [0.717, 1.165) is 0 Å². The van der Waals surface area contributed by atoms with Crippen molar-refractivity contribution in [3.8, 4) is 5.75 Å². The van der Waals surface area contributed by atoms with Crippen molar-refractivity contribution in [3.63, 3.8) is 0 Å². The Labute approximate surface area is 116 Å². The van der Waals surface area contributed by atoms with Gasteiger partial charge in [-0.25, -0.2) is 4.79 Å². The Bertz CT molecular complexity index is 496. The molecule has 0 amide bonds. The maximum atomic E-state index is 11.5. The first-order chi connectivity index (χ1) is 8.77. The van der Waals surface area contributed by atoms with Crippen LogP contribution in [0.3, 0.4) is 0 Å². The molecule has 5 nitrogen and oxygen atoms in total. The molecule has 0 heterocycles. The highest BCUT2D eigenvalue weighted by Crippen LogP contribution is 2.26. The Balaban J connectivity index is 2.89. The van der Waals surface area contributed by atoms with Crippen LogP contribution in [0.25, 0.3) is 0 Å². The lowest BCUT2D eigenvalue weighted by molar-refractivity contribution is -0.152. The van der Waals surface area contributed by atoms with E-state index in [9.17, 15) is 9.59 Å². The third-order valence-electron chi connectivity index (χ3n) is 2.50. The SMILES string of the molecule is COC(=O)C(C)(C)COc1ccc(Cl)cc1C(=O)O. The molecule has 0 saturated heterocycles. The molecule has 0 aromatic heterocycles. The molecule has 1 aromatic carbocycles. The van der Waals surface area contributed by atoms with Gasteiger partial charge in [-0.05, 0) is 32.0 Å². The molecule has 0 aliphatic carbocycles. The molecule has 19 heavy (non-hydrogen) atoms. The van der Waals surface area contributed by atoms with Crippen molar-refractivity contribution in [3.05, 3.63) is 28.8 Å². The first-order valence-electron chi connectivity index (χ1n) is 5.52. The Morgan fingerprint density at radius 2 is 2.00 bits per heavy atom. The van der Waals surface area contributed by atoms with E-state index in [2.05, 4.69) is 4.74 Å². The average molecular weight is 287 g/mol. The summed E-state index contributed by atoms with van der Waals surface area (Å²) in [4.78, 5) is 22.5. The van der Waals surface area contributed by atoms with Gasteiger partial charge in [0.25, 0.3) is 0 Å². The highest BCUT2D eigenvalue weighted by Gasteiger charge is 2.30. The van der Waals surface area contributed by atoms with Gasteiger partial charge >= 0.3 is 11.9 Å². The molecule has 1 N–H and O–H groups in total. The number of carbonyl (C=O) groups is 2. The summed E-state index contributed by atoms with van der Waals surface area (Å²) in [6.07, 6.45) is 0. The fourth-order valence-corrected chi connectivity index (χ4v) is 1.56. The molecule has 1 rings (SSSR count). The zero-order valence-electron chi connectivity index (χ0n) is 10.9. The second-order valence-corrected chi connectivity index (χ2v) is 5.05. The molecule has 0 unspecified atom stereocenters. The highest BCUT2D eigenvalue weighted by molar-refractivity contribution is 6.31. The number of methoxy groups -OCH3 is 1. The van der Waals surface area contributed by atoms with Crippen molar-refractivity contribution in [2.45, 2.75) is 13.8 Å². The van der Waals surface area contributed by atoms with Crippen molar-refractivity contribution < 1.29 is 24.2 Å². The zero-order valence-corrected chi connectivity index (χ0v) is 11.7. The highest BCUT2D eigenvalue weighted by atomic mass is 35.5. The Morgan fingerprint density at radius 3 is 2.53 bits per heavy atom. The number of esters is 1. The van der Waals surface area contributed by atoms with Crippen LogP contribution in [0.15, 0.2) is 18.2 Å². The lowest BCUT2D eigenvalue weighted by Crippen LogP contribution is -2.32. The summed E-state index contributed by atoms with van der Waals surface area (Å²) >= 11 is 5.73. The Morgan fingerprint density at radius 1 is 1.37 bits per heavy atom. The number of hydrogen-bond acceptors (Lipinski definition) is 4. The van der Waals surface area contributed by atoms with Crippen molar-refractivity contribution in [2.75, 3.05) is 13.7 Å². The molecule has 0 atom stereocenters. The van der Waals surface area contributed by atoms with E-state index in [1.54, 1.807) is 13.8 Å². The van der Waals surface area contributed by atoms with Crippen LogP contribution in [0.1, 0.15) is 24.2 Å². The van der Waals surface area contributed by atoms with Gasteiger partial charge in [-0.3, -0.25) is 4.79 Å². The van der Waals surface area contributed by atoms with Gasteiger partial charge in [0.2, 0.25) is 0 Å². The predicted octanol–water partition coefficient (Wildman–Crippen LogP) is 2.62. The minimum absolute atomic E-state index is 0.00157.